The van der Waals surface area contributed by atoms with Crippen molar-refractivity contribution in [2.45, 2.75) is 32.1 Å². The lowest BCUT2D eigenvalue weighted by atomic mass is 10.1. The van der Waals surface area contributed by atoms with Gasteiger partial charge in [0.05, 0.1) is 13.2 Å². The maximum absolute atomic E-state index is 5.52. The molecule has 0 amide bonds. The molecule has 2 fully saturated rings. The molecule has 0 spiro atoms. The average molecular weight is 154 g/mol. The quantitative estimate of drug-likeness (QED) is 0.532. The molecular formula is C9H14O2. The number of ether oxygens (including phenoxy) is 2. The van der Waals surface area contributed by atoms with Crippen molar-refractivity contribution in [3.8, 4) is 0 Å². The van der Waals surface area contributed by atoms with E-state index < -0.39 is 0 Å². The van der Waals surface area contributed by atoms with Crippen LogP contribution in [0.4, 0.5) is 0 Å². The van der Waals surface area contributed by atoms with E-state index in [1.165, 1.54) is 19.3 Å². The van der Waals surface area contributed by atoms with E-state index in [9.17, 15) is 0 Å². The Bertz CT molecular complexity index is 156. The van der Waals surface area contributed by atoms with Gasteiger partial charge >= 0.3 is 0 Å². The molecule has 2 aliphatic rings. The minimum atomic E-state index is 0.891. The summed E-state index contributed by atoms with van der Waals surface area (Å²) in [5.41, 5.74) is 0. The van der Waals surface area contributed by atoms with Crippen molar-refractivity contribution in [3.05, 3.63) is 11.5 Å². The van der Waals surface area contributed by atoms with Gasteiger partial charge in [0, 0.05) is 12.8 Å². The zero-order chi connectivity index (χ0) is 7.52. The van der Waals surface area contributed by atoms with Crippen molar-refractivity contribution in [3.63, 3.8) is 0 Å². The van der Waals surface area contributed by atoms with Gasteiger partial charge in [0.25, 0.3) is 0 Å². The summed E-state index contributed by atoms with van der Waals surface area (Å²) >= 11 is 0. The molecule has 2 aliphatic heterocycles. The van der Waals surface area contributed by atoms with Gasteiger partial charge in [0.15, 0.2) is 0 Å². The van der Waals surface area contributed by atoms with Gasteiger partial charge in [-0.1, -0.05) is 0 Å². The predicted octanol–water partition coefficient (Wildman–Crippen LogP) is 2.21. The highest BCUT2D eigenvalue weighted by molar-refractivity contribution is 5.05. The van der Waals surface area contributed by atoms with Gasteiger partial charge in [-0.3, -0.25) is 0 Å². The summed E-state index contributed by atoms with van der Waals surface area (Å²) in [6.07, 6.45) is 5.83. The zero-order valence-corrected chi connectivity index (χ0v) is 6.77. The smallest absolute Gasteiger partial charge is 0.134 e. The summed E-state index contributed by atoms with van der Waals surface area (Å²) in [7, 11) is 0. The lowest BCUT2D eigenvalue weighted by Gasteiger charge is -2.17. The molecule has 0 radical (unpaired) electrons. The summed E-state index contributed by atoms with van der Waals surface area (Å²) in [6, 6.07) is 0. The van der Waals surface area contributed by atoms with Crippen molar-refractivity contribution in [1.82, 2.24) is 0 Å². The Balaban J connectivity index is 2.03. The van der Waals surface area contributed by atoms with Gasteiger partial charge in [-0.2, -0.15) is 0 Å². The molecule has 11 heavy (non-hydrogen) atoms. The van der Waals surface area contributed by atoms with Crippen molar-refractivity contribution >= 4 is 0 Å². The molecule has 0 unspecified atom stereocenters. The van der Waals surface area contributed by atoms with Gasteiger partial charge in [0.2, 0.25) is 0 Å². The SMILES string of the molecule is C1CCC(=C2CCCO2)OC1. The molecule has 0 aliphatic carbocycles. The van der Waals surface area contributed by atoms with E-state index in [1.807, 2.05) is 0 Å². The molecule has 0 aromatic heterocycles. The van der Waals surface area contributed by atoms with E-state index in [-0.39, 0.29) is 0 Å². The first-order valence-corrected chi connectivity index (χ1v) is 4.44. The second-order valence-corrected chi connectivity index (χ2v) is 3.10. The van der Waals surface area contributed by atoms with Gasteiger partial charge in [-0.05, 0) is 19.3 Å². The van der Waals surface area contributed by atoms with Crippen LogP contribution in [0.2, 0.25) is 0 Å². The third-order valence-corrected chi connectivity index (χ3v) is 2.21. The van der Waals surface area contributed by atoms with Crippen LogP contribution < -0.4 is 0 Å². The minimum absolute atomic E-state index is 0.891. The van der Waals surface area contributed by atoms with E-state index in [4.69, 9.17) is 9.47 Å². The summed E-state index contributed by atoms with van der Waals surface area (Å²) < 4.78 is 11.0. The molecule has 0 saturated carbocycles. The lowest BCUT2D eigenvalue weighted by molar-refractivity contribution is 0.137. The first-order valence-electron chi connectivity index (χ1n) is 4.44. The summed E-state index contributed by atoms with van der Waals surface area (Å²) in [5, 5.41) is 0. The van der Waals surface area contributed by atoms with E-state index >= 15 is 0 Å². The van der Waals surface area contributed by atoms with Crippen molar-refractivity contribution in [2.75, 3.05) is 13.2 Å². The van der Waals surface area contributed by atoms with Crippen LogP contribution in [0.25, 0.3) is 0 Å². The minimum Gasteiger partial charge on any atom is -0.494 e. The maximum Gasteiger partial charge on any atom is 0.134 e. The van der Waals surface area contributed by atoms with E-state index in [2.05, 4.69) is 0 Å². The fourth-order valence-corrected chi connectivity index (χ4v) is 1.60. The molecule has 0 atom stereocenters. The number of hydrogen-bond acceptors (Lipinski definition) is 2. The summed E-state index contributed by atoms with van der Waals surface area (Å²) in [6.45, 7) is 1.78. The van der Waals surface area contributed by atoms with E-state index in [0.29, 0.717) is 0 Å². The van der Waals surface area contributed by atoms with Crippen LogP contribution in [0, 0.1) is 0 Å². The molecule has 0 bridgehead atoms. The van der Waals surface area contributed by atoms with Crippen LogP contribution in [0.15, 0.2) is 11.5 Å². The Morgan fingerprint density at radius 3 is 1.82 bits per heavy atom. The van der Waals surface area contributed by atoms with Crippen LogP contribution in [-0.2, 0) is 9.47 Å². The Hall–Kier alpha value is -0.660. The van der Waals surface area contributed by atoms with E-state index in [1.54, 1.807) is 0 Å². The monoisotopic (exact) mass is 154 g/mol. The van der Waals surface area contributed by atoms with E-state index in [0.717, 1.165) is 37.6 Å². The Labute approximate surface area is 67.2 Å². The van der Waals surface area contributed by atoms with Crippen LogP contribution >= 0.6 is 0 Å². The topological polar surface area (TPSA) is 18.5 Å². The third-order valence-electron chi connectivity index (χ3n) is 2.21. The first-order chi connectivity index (χ1) is 5.47. The highest BCUT2D eigenvalue weighted by Gasteiger charge is 2.17. The molecule has 2 rings (SSSR count). The maximum atomic E-state index is 5.52. The van der Waals surface area contributed by atoms with Crippen LogP contribution in [0.1, 0.15) is 32.1 Å². The summed E-state index contributed by atoms with van der Waals surface area (Å²) in [5.74, 6) is 2.26. The van der Waals surface area contributed by atoms with Crippen LogP contribution in [0.3, 0.4) is 0 Å². The van der Waals surface area contributed by atoms with Gasteiger partial charge in [0.1, 0.15) is 11.5 Å². The third kappa shape index (κ3) is 1.50. The average Bonchev–Trinajstić information content (AvgIpc) is 2.58. The Kier molecular flexibility index (Phi) is 2.01. The van der Waals surface area contributed by atoms with Crippen molar-refractivity contribution in [2.24, 2.45) is 0 Å². The number of rotatable bonds is 0. The normalized spacial score (nSPS) is 31.3. The molecule has 0 N–H and O–H groups in total. The van der Waals surface area contributed by atoms with Crippen molar-refractivity contribution in [1.29, 1.82) is 0 Å². The van der Waals surface area contributed by atoms with Gasteiger partial charge in [-0.15, -0.1) is 0 Å². The highest BCUT2D eigenvalue weighted by atomic mass is 16.5. The Morgan fingerprint density at radius 1 is 0.727 bits per heavy atom. The molecule has 2 heterocycles. The standard InChI is InChI=1S/C9H14O2/c1-2-6-10-8(4-1)9-5-3-7-11-9/h1-7H2. The van der Waals surface area contributed by atoms with Crippen LogP contribution in [0.5, 0.6) is 0 Å². The molecule has 2 nitrogen and oxygen atoms in total. The molecule has 2 saturated heterocycles. The fourth-order valence-electron chi connectivity index (χ4n) is 1.60. The Morgan fingerprint density at radius 2 is 1.36 bits per heavy atom. The number of allylic oxidation sites excluding steroid dienone is 2. The predicted molar refractivity (Wildman–Crippen MR) is 42.0 cm³/mol. The summed E-state index contributed by atoms with van der Waals surface area (Å²) in [4.78, 5) is 0. The fraction of sp³-hybridized carbons (Fsp3) is 0.778. The molecule has 0 aromatic rings. The second-order valence-electron chi connectivity index (χ2n) is 3.10. The number of hydrogen-bond donors (Lipinski definition) is 0. The second kappa shape index (κ2) is 3.16. The van der Waals surface area contributed by atoms with Gasteiger partial charge < -0.3 is 9.47 Å². The lowest BCUT2D eigenvalue weighted by Crippen LogP contribution is -2.05. The zero-order valence-electron chi connectivity index (χ0n) is 6.77. The first kappa shape index (κ1) is 7.01. The molecule has 2 heteroatoms. The molecule has 62 valence electrons. The molecular weight excluding hydrogens is 140 g/mol. The molecule has 0 aromatic carbocycles. The largest absolute Gasteiger partial charge is 0.494 e. The van der Waals surface area contributed by atoms with Crippen LogP contribution in [-0.4, -0.2) is 13.2 Å². The highest BCUT2D eigenvalue weighted by Crippen LogP contribution is 2.26. The van der Waals surface area contributed by atoms with Gasteiger partial charge in [-0.25, -0.2) is 0 Å². The van der Waals surface area contributed by atoms with Crippen molar-refractivity contribution < 1.29 is 9.47 Å².